The van der Waals surface area contributed by atoms with Gasteiger partial charge in [-0.2, -0.15) is 8.42 Å². The van der Waals surface area contributed by atoms with Crippen LogP contribution in [0.2, 0.25) is 0 Å². The van der Waals surface area contributed by atoms with Crippen molar-refractivity contribution < 1.29 is 27.0 Å². The number of quaternary nitrogens is 1. The van der Waals surface area contributed by atoms with Crippen molar-refractivity contribution in [2.45, 2.75) is 102 Å². The molecule has 0 radical (unpaired) electrons. The summed E-state index contributed by atoms with van der Waals surface area (Å²) in [5.74, 6) is -1.04. The van der Waals surface area contributed by atoms with Gasteiger partial charge in [0, 0.05) is 6.54 Å². The summed E-state index contributed by atoms with van der Waals surface area (Å²) in [5.41, 5.74) is 0. The predicted octanol–water partition coefficient (Wildman–Crippen LogP) is 3.70. The lowest BCUT2D eigenvalue weighted by atomic mass is 10.0. The fourth-order valence-corrected chi connectivity index (χ4v) is 3.91. The summed E-state index contributed by atoms with van der Waals surface area (Å²) in [4.78, 5) is 11.2. The molecule has 0 fully saturated rings. The molecule has 0 aromatic heterocycles. The van der Waals surface area contributed by atoms with Crippen LogP contribution in [0, 0.1) is 0 Å². The van der Waals surface area contributed by atoms with Gasteiger partial charge in [-0.25, -0.2) is 0 Å². The highest BCUT2D eigenvalue weighted by Crippen LogP contribution is 2.13. The summed E-state index contributed by atoms with van der Waals surface area (Å²) in [6.07, 6.45) is 21.6. The van der Waals surface area contributed by atoms with Gasteiger partial charge in [0.15, 0.2) is 6.17 Å². The van der Waals surface area contributed by atoms with E-state index >= 15 is 0 Å². The molecule has 0 aliphatic heterocycles. The summed E-state index contributed by atoms with van der Waals surface area (Å²) in [6, 6.07) is 0. The Labute approximate surface area is 197 Å². The normalized spacial score (nSPS) is 13.5. The Morgan fingerprint density at radius 1 is 0.844 bits per heavy atom. The highest BCUT2D eigenvalue weighted by atomic mass is 32.2. The molecule has 1 unspecified atom stereocenters. The molecule has 8 heteroatoms. The van der Waals surface area contributed by atoms with Crippen LogP contribution in [-0.2, 0) is 19.1 Å². The standard InChI is InChI=1S/C24H48N2O5S/c1-26(2,3)23(24(27)28)25-21-19-17-15-13-11-9-7-5-6-8-10-12-14-16-18-20-22-31-32(4,29)30/h20,22-23,25H,5-19,21H2,1-4H3. The third kappa shape index (κ3) is 20.8. The van der Waals surface area contributed by atoms with Crippen molar-refractivity contribution in [1.29, 1.82) is 0 Å². The molecule has 1 N–H and O–H groups in total. The summed E-state index contributed by atoms with van der Waals surface area (Å²) in [5, 5.41) is 14.3. The number of hydrogen-bond donors (Lipinski definition) is 1. The average molecular weight is 477 g/mol. The van der Waals surface area contributed by atoms with Crippen LogP contribution in [0.4, 0.5) is 0 Å². The smallest absolute Gasteiger partial charge is 0.305 e. The minimum atomic E-state index is -3.36. The van der Waals surface area contributed by atoms with E-state index in [2.05, 4.69) is 9.50 Å². The molecular weight excluding hydrogens is 428 g/mol. The van der Waals surface area contributed by atoms with E-state index in [9.17, 15) is 18.3 Å². The zero-order chi connectivity index (χ0) is 24.3. The maximum Gasteiger partial charge on any atom is 0.305 e. The van der Waals surface area contributed by atoms with E-state index in [0.29, 0.717) is 4.48 Å². The molecule has 0 heterocycles. The molecule has 7 nitrogen and oxygen atoms in total. The fourth-order valence-electron chi connectivity index (χ4n) is 3.63. The van der Waals surface area contributed by atoms with Crippen molar-refractivity contribution in [3.05, 3.63) is 12.3 Å². The van der Waals surface area contributed by atoms with Gasteiger partial charge in [-0.3, -0.25) is 5.32 Å². The van der Waals surface area contributed by atoms with Crippen LogP contribution < -0.4 is 10.4 Å². The first-order valence-electron chi connectivity index (χ1n) is 12.3. The maximum absolute atomic E-state index is 11.2. The second-order valence-corrected chi connectivity index (χ2v) is 11.3. The van der Waals surface area contributed by atoms with Gasteiger partial charge in [-0.05, 0) is 25.3 Å². The molecular formula is C24H48N2O5S. The van der Waals surface area contributed by atoms with Crippen LogP contribution in [0.15, 0.2) is 12.3 Å². The molecule has 0 rings (SSSR count). The van der Waals surface area contributed by atoms with Gasteiger partial charge in [-0.15, -0.1) is 0 Å². The maximum atomic E-state index is 11.2. The van der Waals surface area contributed by atoms with E-state index in [0.717, 1.165) is 38.5 Å². The Bertz CT molecular complexity index is 600. The number of carbonyl (C=O) groups excluding carboxylic acids is 1. The van der Waals surface area contributed by atoms with Crippen molar-refractivity contribution in [1.82, 2.24) is 5.32 Å². The van der Waals surface area contributed by atoms with Gasteiger partial charge < -0.3 is 18.6 Å². The Hall–Kier alpha value is -1.12. The number of nitrogens with one attached hydrogen (secondary N) is 1. The molecule has 0 saturated carbocycles. The van der Waals surface area contributed by atoms with Crippen molar-refractivity contribution in [3.8, 4) is 0 Å². The Balaban J connectivity index is 3.32. The number of carboxylic acid groups (broad SMARTS) is 1. The molecule has 0 aromatic rings. The number of aliphatic carboxylic acids is 1. The highest BCUT2D eigenvalue weighted by molar-refractivity contribution is 7.86. The summed E-state index contributed by atoms with van der Waals surface area (Å²) >= 11 is 0. The summed E-state index contributed by atoms with van der Waals surface area (Å²) in [7, 11) is 2.21. The number of carbonyl (C=O) groups is 1. The van der Waals surface area contributed by atoms with Gasteiger partial charge in [0.05, 0.1) is 27.4 Å². The average Bonchev–Trinajstić information content (AvgIpc) is 2.67. The Morgan fingerprint density at radius 2 is 1.25 bits per heavy atom. The van der Waals surface area contributed by atoms with Crippen molar-refractivity contribution >= 4 is 16.1 Å². The Morgan fingerprint density at radius 3 is 1.62 bits per heavy atom. The number of carboxylic acids is 1. The third-order valence-electron chi connectivity index (χ3n) is 5.46. The van der Waals surface area contributed by atoms with E-state index < -0.39 is 22.3 Å². The molecule has 0 saturated heterocycles. The predicted molar refractivity (Wildman–Crippen MR) is 129 cm³/mol. The molecule has 0 amide bonds. The molecule has 0 bridgehead atoms. The highest BCUT2D eigenvalue weighted by Gasteiger charge is 2.23. The van der Waals surface area contributed by atoms with Gasteiger partial charge in [0.25, 0.3) is 0 Å². The fraction of sp³-hybridized carbons (Fsp3) is 0.875. The largest absolute Gasteiger partial charge is 0.543 e. The van der Waals surface area contributed by atoms with Crippen molar-refractivity contribution in [2.75, 3.05) is 33.9 Å². The van der Waals surface area contributed by atoms with Crippen molar-refractivity contribution in [3.63, 3.8) is 0 Å². The minimum Gasteiger partial charge on any atom is -0.543 e. The molecule has 0 aliphatic carbocycles. The lowest BCUT2D eigenvalue weighted by Gasteiger charge is -2.35. The first-order valence-corrected chi connectivity index (χ1v) is 14.1. The molecule has 32 heavy (non-hydrogen) atoms. The number of hydrogen-bond acceptors (Lipinski definition) is 6. The number of likely N-dealkylation sites (N-methyl/N-ethyl adjacent to an activating group) is 1. The van der Waals surface area contributed by atoms with Crippen LogP contribution in [0.25, 0.3) is 0 Å². The van der Waals surface area contributed by atoms with Crippen LogP contribution in [0.1, 0.15) is 96.3 Å². The van der Waals surface area contributed by atoms with E-state index in [-0.39, 0.29) is 0 Å². The van der Waals surface area contributed by atoms with Crippen LogP contribution in [-0.4, -0.2) is 59.0 Å². The third-order valence-corrected chi connectivity index (χ3v) is 5.92. The van der Waals surface area contributed by atoms with Crippen molar-refractivity contribution in [2.24, 2.45) is 0 Å². The second-order valence-electron chi connectivity index (χ2n) is 9.70. The first kappa shape index (κ1) is 30.9. The number of unbranched alkanes of at least 4 members (excludes halogenated alkanes) is 14. The number of allylic oxidation sites excluding steroid dienone is 1. The quantitative estimate of drug-likeness (QED) is 0.0841. The van der Waals surface area contributed by atoms with Gasteiger partial charge in [-0.1, -0.05) is 77.0 Å². The van der Waals surface area contributed by atoms with Gasteiger partial charge in [0.1, 0.15) is 12.2 Å². The topological polar surface area (TPSA) is 95.5 Å². The van der Waals surface area contributed by atoms with Gasteiger partial charge in [0.2, 0.25) is 0 Å². The molecule has 1 atom stereocenters. The summed E-state index contributed by atoms with van der Waals surface area (Å²) in [6.45, 7) is 0.725. The van der Waals surface area contributed by atoms with Crippen LogP contribution in [0.5, 0.6) is 0 Å². The minimum absolute atomic E-state index is 0.324. The molecule has 0 aliphatic rings. The van der Waals surface area contributed by atoms with Crippen LogP contribution in [0.3, 0.4) is 0 Å². The molecule has 190 valence electrons. The summed E-state index contributed by atoms with van der Waals surface area (Å²) < 4.78 is 26.4. The number of nitrogens with zero attached hydrogens (tertiary/aromatic N) is 1. The Kier molecular flexibility index (Phi) is 17.7. The van der Waals surface area contributed by atoms with Gasteiger partial charge >= 0.3 is 10.1 Å². The lowest BCUT2D eigenvalue weighted by molar-refractivity contribution is -0.892. The van der Waals surface area contributed by atoms with Crippen LogP contribution >= 0.6 is 0 Å². The molecule has 0 aromatic carbocycles. The van der Waals surface area contributed by atoms with E-state index in [1.165, 1.54) is 76.9 Å². The lowest BCUT2D eigenvalue weighted by Crippen LogP contribution is -2.62. The zero-order valence-corrected chi connectivity index (χ0v) is 21.8. The second kappa shape index (κ2) is 18.3. The first-order chi connectivity index (χ1) is 15.0. The number of rotatable bonds is 22. The van der Waals surface area contributed by atoms with E-state index in [4.69, 9.17) is 0 Å². The zero-order valence-electron chi connectivity index (χ0n) is 20.9. The SMILES string of the molecule is C[N+](C)(C)C(NCCCCCCCCCCCCCCCCC=COS(C)(=O)=O)C(=O)[O-]. The monoisotopic (exact) mass is 476 g/mol. The van der Waals surface area contributed by atoms with E-state index in [1.807, 2.05) is 21.1 Å². The molecule has 0 spiro atoms. The van der Waals surface area contributed by atoms with E-state index in [1.54, 1.807) is 6.08 Å².